The Balaban J connectivity index is 0.00000208. The molecule has 0 fully saturated rings. The minimum absolute atomic E-state index is 0. The fourth-order valence-electron chi connectivity index (χ4n) is 2.31. The summed E-state index contributed by atoms with van der Waals surface area (Å²) in [7, 11) is 0. The summed E-state index contributed by atoms with van der Waals surface area (Å²) in [6.07, 6.45) is 4.51. The molecule has 0 saturated heterocycles. The second-order valence-electron chi connectivity index (χ2n) is 4.92. The van der Waals surface area contributed by atoms with Gasteiger partial charge in [0.05, 0.1) is 23.8 Å². The molecule has 2 aromatic rings. The standard InChI is InChI=1S/C15H13ClN4O3.ClH/c16-14-4-3-11(9-18-14)10-19-6-5-17-15(19)13(20(21)22)8-12-2-1-7-23-12;/h1-4,7-9H,5-6,10H2;1H/b13-8-;. The molecule has 7 nitrogen and oxygen atoms in total. The lowest BCUT2D eigenvalue weighted by Gasteiger charge is -2.18. The highest BCUT2D eigenvalue weighted by Gasteiger charge is 2.29. The Labute approximate surface area is 149 Å². The Morgan fingerprint density at radius 2 is 2.29 bits per heavy atom. The summed E-state index contributed by atoms with van der Waals surface area (Å²) in [6.45, 7) is 1.60. The van der Waals surface area contributed by atoms with Crippen molar-refractivity contribution in [3.63, 3.8) is 0 Å². The molecule has 0 spiro atoms. The quantitative estimate of drug-likeness (QED) is 0.459. The van der Waals surface area contributed by atoms with E-state index in [4.69, 9.17) is 16.0 Å². The van der Waals surface area contributed by atoms with E-state index < -0.39 is 4.92 Å². The maximum absolute atomic E-state index is 11.4. The van der Waals surface area contributed by atoms with Crippen LogP contribution in [0.15, 0.2) is 51.8 Å². The predicted molar refractivity (Wildman–Crippen MR) is 92.9 cm³/mol. The van der Waals surface area contributed by atoms with Gasteiger partial charge in [0.25, 0.3) is 0 Å². The second-order valence-corrected chi connectivity index (χ2v) is 5.31. The molecule has 0 unspecified atom stereocenters. The fourth-order valence-corrected chi connectivity index (χ4v) is 2.42. The molecule has 3 rings (SSSR count). The highest BCUT2D eigenvalue weighted by Crippen LogP contribution is 2.18. The Hall–Kier alpha value is -2.38. The molecule has 0 atom stereocenters. The highest BCUT2D eigenvalue weighted by atomic mass is 35.5. The van der Waals surface area contributed by atoms with E-state index in [0.717, 1.165) is 5.56 Å². The zero-order valence-corrected chi connectivity index (χ0v) is 14.0. The Morgan fingerprint density at radius 3 is 2.92 bits per heavy atom. The molecule has 126 valence electrons. The molecule has 0 radical (unpaired) electrons. The predicted octanol–water partition coefficient (Wildman–Crippen LogP) is 3.28. The van der Waals surface area contributed by atoms with Crippen molar-refractivity contribution in [1.29, 1.82) is 0 Å². The molecule has 1 aliphatic rings. The monoisotopic (exact) mass is 368 g/mol. The fraction of sp³-hybridized carbons (Fsp3) is 0.200. The third-order valence-electron chi connectivity index (χ3n) is 3.34. The van der Waals surface area contributed by atoms with Crippen molar-refractivity contribution in [1.82, 2.24) is 9.88 Å². The summed E-state index contributed by atoms with van der Waals surface area (Å²) in [5, 5.41) is 11.8. The first-order valence-corrected chi connectivity index (χ1v) is 7.31. The van der Waals surface area contributed by atoms with Crippen LogP contribution in [0.5, 0.6) is 0 Å². The van der Waals surface area contributed by atoms with Gasteiger partial charge in [-0.05, 0) is 23.8 Å². The van der Waals surface area contributed by atoms with Gasteiger partial charge in [-0.3, -0.25) is 15.1 Å². The number of amidine groups is 1. The zero-order valence-electron chi connectivity index (χ0n) is 12.5. The highest BCUT2D eigenvalue weighted by molar-refractivity contribution is 6.29. The first kappa shape index (κ1) is 18.0. The maximum Gasteiger partial charge on any atom is 0.314 e. The number of hydrogen-bond donors (Lipinski definition) is 0. The number of nitro groups is 1. The summed E-state index contributed by atoms with van der Waals surface area (Å²) in [6, 6.07) is 6.87. The van der Waals surface area contributed by atoms with E-state index >= 15 is 0 Å². The molecule has 0 bridgehead atoms. The van der Waals surface area contributed by atoms with Gasteiger partial charge >= 0.3 is 5.70 Å². The van der Waals surface area contributed by atoms with Crippen molar-refractivity contribution >= 4 is 35.9 Å². The topological polar surface area (TPSA) is 84.8 Å². The lowest BCUT2D eigenvalue weighted by atomic mass is 10.2. The van der Waals surface area contributed by atoms with Crippen LogP contribution in [-0.4, -0.2) is 33.7 Å². The van der Waals surface area contributed by atoms with Crippen LogP contribution in [0.4, 0.5) is 0 Å². The summed E-state index contributed by atoms with van der Waals surface area (Å²) >= 11 is 5.77. The van der Waals surface area contributed by atoms with Gasteiger partial charge in [-0.1, -0.05) is 17.7 Å². The van der Waals surface area contributed by atoms with Gasteiger partial charge in [0, 0.05) is 19.3 Å². The Bertz CT molecular complexity index is 758. The van der Waals surface area contributed by atoms with Crippen LogP contribution in [0.25, 0.3) is 6.08 Å². The molecular formula is C15H14Cl2N4O3. The Kier molecular flexibility index (Phi) is 5.94. The lowest BCUT2D eigenvalue weighted by molar-refractivity contribution is -0.414. The first-order valence-electron chi connectivity index (χ1n) is 6.93. The molecule has 2 aromatic heterocycles. The maximum atomic E-state index is 11.4. The summed E-state index contributed by atoms with van der Waals surface area (Å²) in [4.78, 5) is 21.1. The van der Waals surface area contributed by atoms with Crippen molar-refractivity contribution < 1.29 is 9.34 Å². The largest absolute Gasteiger partial charge is 0.465 e. The van der Waals surface area contributed by atoms with Crippen LogP contribution in [-0.2, 0) is 6.54 Å². The van der Waals surface area contributed by atoms with E-state index in [-0.39, 0.29) is 18.1 Å². The number of aliphatic imine (C=N–C) groups is 1. The van der Waals surface area contributed by atoms with Crippen LogP contribution in [0.1, 0.15) is 11.3 Å². The van der Waals surface area contributed by atoms with Crippen molar-refractivity contribution in [2.75, 3.05) is 13.1 Å². The van der Waals surface area contributed by atoms with E-state index in [2.05, 4.69) is 9.98 Å². The number of rotatable bonds is 5. The average Bonchev–Trinajstić information content (AvgIpc) is 3.18. The minimum atomic E-state index is -0.445. The average molecular weight is 369 g/mol. The van der Waals surface area contributed by atoms with Crippen LogP contribution in [0, 0.1) is 10.1 Å². The van der Waals surface area contributed by atoms with Gasteiger partial charge in [-0.15, -0.1) is 12.4 Å². The molecule has 3 heterocycles. The van der Waals surface area contributed by atoms with Crippen LogP contribution in [0.3, 0.4) is 0 Å². The van der Waals surface area contributed by atoms with Crippen molar-refractivity contribution in [2.24, 2.45) is 4.99 Å². The number of pyridine rings is 1. The van der Waals surface area contributed by atoms with Crippen LogP contribution < -0.4 is 0 Å². The second kappa shape index (κ2) is 7.94. The number of nitrogens with zero attached hydrogens (tertiary/aromatic N) is 4. The summed E-state index contributed by atoms with van der Waals surface area (Å²) in [5.74, 6) is 0.765. The molecule has 0 aromatic carbocycles. The van der Waals surface area contributed by atoms with Crippen LogP contribution >= 0.6 is 24.0 Å². The van der Waals surface area contributed by atoms with E-state index in [9.17, 15) is 10.1 Å². The smallest absolute Gasteiger partial charge is 0.314 e. The third kappa shape index (κ3) is 4.12. The normalized spacial score (nSPS) is 14.3. The number of aromatic nitrogens is 1. The van der Waals surface area contributed by atoms with Crippen LogP contribution in [0.2, 0.25) is 5.15 Å². The first-order chi connectivity index (χ1) is 11.1. The minimum Gasteiger partial charge on any atom is -0.465 e. The number of hydrogen-bond acceptors (Lipinski definition) is 6. The number of halogens is 2. The van der Waals surface area contributed by atoms with Gasteiger partial charge in [0.1, 0.15) is 10.9 Å². The number of furan rings is 1. The SMILES string of the molecule is Cl.O=[N+]([O-])/C(=C\c1ccco1)C1=NCCN1Cc1ccc(Cl)nc1. The van der Waals surface area contributed by atoms with Gasteiger partial charge in [-0.2, -0.15) is 0 Å². The summed E-state index contributed by atoms with van der Waals surface area (Å²) < 4.78 is 5.16. The molecule has 0 aliphatic carbocycles. The van der Waals surface area contributed by atoms with Crippen molar-refractivity contribution in [3.8, 4) is 0 Å². The van der Waals surface area contributed by atoms with Gasteiger partial charge in [0.2, 0.25) is 5.84 Å². The lowest BCUT2D eigenvalue weighted by Crippen LogP contribution is -2.30. The van der Waals surface area contributed by atoms with Gasteiger partial charge in [0.15, 0.2) is 0 Å². The summed E-state index contributed by atoms with van der Waals surface area (Å²) in [5.41, 5.74) is 0.823. The third-order valence-corrected chi connectivity index (χ3v) is 3.56. The molecule has 0 N–H and O–H groups in total. The van der Waals surface area contributed by atoms with E-state index in [0.29, 0.717) is 36.4 Å². The molecule has 0 saturated carbocycles. The van der Waals surface area contributed by atoms with Gasteiger partial charge < -0.3 is 9.32 Å². The molecule has 24 heavy (non-hydrogen) atoms. The van der Waals surface area contributed by atoms with E-state index in [1.54, 1.807) is 24.4 Å². The van der Waals surface area contributed by atoms with Gasteiger partial charge in [-0.25, -0.2) is 4.98 Å². The molecule has 1 aliphatic heterocycles. The zero-order chi connectivity index (χ0) is 16.2. The molecule has 0 amide bonds. The molecular weight excluding hydrogens is 355 g/mol. The van der Waals surface area contributed by atoms with E-state index in [1.165, 1.54) is 12.3 Å². The Morgan fingerprint density at radius 1 is 1.46 bits per heavy atom. The van der Waals surface area contributed by atoms with Crippen molar-refractivity contribution in [3.05, 3.63) is 69.0 Å². The van der Waals surface area contributed by atoms with Crippen molar-refractivity contribution in [2.45, 2.75) is 6.54 Å². The van der Waals surface area contributed by atoms with E-state index in [1.807, 2.05) is 11.0 Å². The molecule has 9 heteroatoms.